The molecule has 0 amide bonds. The van der Waals surface area contributed by atoms with E-state index in [2.05, 4.69) is 0 Å². The number of hydrogen-bond acceptors (Lipinski definition) is 3. The monoisotopic (exact) mass is 211 g/mol. The summed E-state index contributed by atoms with van der Waals surface area (Å²) in [6.45, 7) is 0.520. The second kappa shape index (κ2) is 3.37. The molecule has 76 valence electrons. The van der Waals surface area contributed by atoms with Gasteiger partial charge in [0.1, 0.15) is 0 Å². The minimum Gasteiger partial charge on any atom is -0.330 e. The fraction of sp³-hybridized carbons (Fsp3) is 0.400. The highest BCUT2D eigenvalue weighted by Crippen LogP contribution is 2.32. The first kappa shape index (κ1) is 9.68. The van der Waals surface area contributed by atoms with Gasteiger partial charge in [-0.25, -0.2) is 8.42 Å². The van der Waals surface area contributed by atoms with Crippen molar-refractivity contribution in [3.8, 4) is 0 Å². The first-order valence-corrected chi connectivity index (χ1v) is 6.32. The molecule has 0 aliphatic carbocycles. The third-order valence-corrected chi connectivity index (χ3v) is 4.53. The summed E-state index contributed by atoms with van der Waals surface area (Å²) in [5.41, 5.74) is 6.50. The van der Waals surface area contributed by atoms with Crippen LogP contribution >= 0.6 is 0 Å². The lowest BCUT2D eigenvalue weighted by molar-refractivity contribution is 0.566. The highest BCUT2D eigenvalue weighted by Gasteiger charge is 2.28. The predicted octanol–water partition coefficient (Wildman–Crippen LogP) is 0.906. The number of benzene rings is 1. The maximum absolute atomic E-state index is 11.7. The van der Waals surface area contributed by atoms with E-state index in [9.17, 15) is 8.42 Å². The molecular formula is C10H13NO2S. The van der Waals surface area contributed by atoms with Gasteiger partial charge in [-0.1, -0.05) is 18.2 Å². The Kier molecular flexibility index (Phi) is 2.33. The summed E-state index contributed by atoms with van der Waals surface area (Å²) in [5.74, 6) is 0.432. The van der Waals surface area contributed by atoms with E-state index < -0.39 is 9.84 Å². The molecule has 0 bridgehead atoms. The van der Waals surface area contributed by atoms with Crippen molar-refractivity contribution in [2.45, 2.75) is 17.2 Å². The topological polar surface area (TPSA) is 60.2 Å². The smallest absolute Gasteiger partial charge is 0.178 e. The van der Waals surface area contributed by atoms with Gasteiger partial charge in [0.25, 0.3) is 0 Å². The predicted molar refractivity (Wildman–Crippen MR) is 54.9 cm³/mol. The highest BCUT2D eigenvalue weighted by molar-refractivity contribution is 7.91. The summed E-state index contributed by atoms with van der Waals surface area (Å²) < 4.78 is 23.4. The summed E-state index contributed by atoms with van der Waals surface area (Å²) in [4.78, 5) is 0.474. The fourth-order valence-corrected chi connectivity index (χ4v) is 3.60. The maximum Gasteiger partial charge on any atom is 0.178 e. The number of nitrogens with two attached hydrogens (primary N) is 1. The SMILES string of the molecule is NCC1CCS(=O)(=O)c2ccccc21. The van der Waals surface area contributed by atoms with Crippen molar-refractivity contribution < 1.29 is 8.42 Å². The molecule has 4 heteroatoms. The average molecular weight is 211 g/mol. The van der Waals surface area contributed by atoms with Crippen molar-refractivity contribution in [2.24, 2.45) is 5.73 Å². The van der Waals surface area contributed by atoms with Gasteiger partial charge in [0.2, 0.25) is 0 Å². The van der Waals surface area contributed by atoms with Gasteiger partial charge in [0.05, 0.1) is 10.6 Å². The molecule has 0 fully saturated rings. The molecule has 2 N–H and O–H groups in total. The van der Waals surface area contributed by atoms with Gasteiger partial charge < -0.3 is 5.73 Å². The lowest BCUT2D eigenvalue weighted by atomic mass is 9.96. The van der Waals surface area contributed by atoms with Crippen LogP contribution in [0.5, 0.6) is 0 Å². The van der Waals surface area contributed by atoms with Crippen LogP contribution in [0.1, 0.15) is 17.9 Å². The van der Waals surface area contributed by atoms with E-state index in [1.807, 2.05) is 12.1 Å². The zero-order valence-electron chi connectivity index (χ0n) is 7.81. The second-order valence-electron chi connectivity index (χ2n) is 3.58. The lowest BCUT2D eigenvalue weighted by Gasteiger charge is -2.23. The number of rotatable bonds is 1. The Morgan fingerprint density at radius 2 is 2.07 bits per heavy atom. The van der Waals surface area contributed by atoms with Crippen molar-refractivity contribution in [1.82, 2.24) is 0 Å². The van der Waals surface area contributed by atoms with Crippen LogP contribution in [0.25, 0.3) is 0 Å². The number of sulfone groups is 1. The van der Waals surface area contributed by atoms with E-state index in [1.54, 1.807) is 12.1 Å². The Hall–Kier alpha value is -0.870. The molecule has 3 nitrogen and oxygen atoms in total. The second-order valence-corrected chi connectivity index (χ2v) is 5.66. The summed E-state index contributed by atoms with van der Waals surface area (Å²) in [5, 5.41) is 0. The third kappa shape index (κ3) is 1.44. The minimum atomic E-state index is -3.04. The molecule has 0 radical (unpaired) electrons. The van der Waals surface area contributed by atoms with Crippen molar-refractivity contribution in [2.75, 3.05) is 12.3 Å². The van der Waals surface area contributed by atoms with Crippen LogP contribution in [0.15, 0.2) is 29.2 Å². The quantitative estimate of drug-likeness (QED) is 0.751. The Bertz CT molecular complexity index is 439. The van der Waals surface area contributed by atoms with Crippen LogP contribution in [0, 0.1) is 0 Å². The molecule has 1 aliphatic heterocycles. The molecule has 0 aromatic heterocycles. The van der Waals surface area contributed by atoms with E-state index in [4.69, 9.17) is 5.73 Å². The minimum absolute atomic E-state index is 0.203. The molecule has 1 heterocycles. The van der Waals surface area contributed by atoms with Gasteiger partial charge >= 0.3 is 0 Å². The highest BCUT2D eigenvalue weighted by atomic mass is 32.2. The zero-order valence-corrected chi connectivity index (χ0v) is 8.63. The van der Waals surface area contributed by atoms with E-state index in [0.717, 1.165) is 5.56 Å². The van der Waals surface area contributed by atoms with Crippen LogP contribution < -0.4 is 5.73 Å². The number of hydrogen-bond donors (Lipinski definition) is 1. The van der Waals surface area contributed by atoms with Crippen molar-refractivity contribution in [1.29, 1.82) is 0 Å². The molecule has 2 rings (SSSR count). The van der Waals surface area contributed by atoms with Crippen LogP contribution in [0.4, 0.5) is 0 Å². The van der Waals surface area contributed by atoms with E-state index >= 15 is 0 Å². The summed E-state index contributed by atoms with van der Waals surface area (Å²) >= 11 is 0. The van der Waals surface area contributed by atoms with Crippen LogP contribution in [-0.4, -0.2) is 20.7 Å². The molecule has 0 saturated heterocycles. The molecule has 1 aromatic carbocycles. The molecule has 0 saturated carbocycles. The molecule has 0 spiro atoms. The third-order valence-electron chi connectivity index (χ3n) is 2.71. The standard InChI is InChI=1S/C10H13NO2S/c11-7-8-5-6-14(12,13)10-4-2-1-3-9(8)10/h1-4,8H,5-7,11H2. The fourth-order valence-electron chi connectivity index (χ4n) is 1.91. The summed E-state index contributed by atoms with van der Waals surface area (Å²) in [6.07, 6.45) is 0.649. The van der Waals surface area contributed by atoms with Gasteiger partial charge in [-0.2, -0.15) is 0 Å². The van der Waals surface area contributed by atoms with Gasteiger partial charge in [-0.15, -0.1) is 0 Å². The summed E-state index contributed by atoms with van der Waals surface area (Å²) in [7, 11) is -3.04. The van der Waals surface area contributed by atoms with Crippen molar-refractivity contribution in [3.05, 3.63) is 29.8 Å². The maximum atomic E-state index is 11.7. The van der Waals surface area contributed by atoms with Crippen LogP contribution in [0.3, 0.4) is 0 Å². The Morgan fingerprint density at radius 3 is 2.79 bits per heavy atom. The van der Waals surface area contributed by atoms with Gasteiger partial charge in [-0.3, -0.25) is 0 Å². The first-order valence-electron chi connectivity index (χ1n) is 4.67. The van der Waals surface area contributed by atoms with Crippen molar-refractivity contribution in [3.63, 3.8) is 0 Å². The Balaban J connectivity index is 2.61. The number of fused-ring (bicyclic) bond motifs is 1. The molecule has 14 heavy (non-hydrogen) atoms. The van der Waals surface area contributed by atoms with E-state index in [0.29, 0.717) is 17.9 Å². The molecule has 1 unspecified atom stereocenters. The van der Waals surface area contributed by atoms with Gasteiger partial charge in [0, 0.05) is 0 Å². The zero-order chi connectivity index (χ0) is 10.2. The normalized spacial score (nSPS) is 24.2. The van der Waals surface area contributed by atoms with Gasteiger partial charge in [-0.05, 0) is 30.5 Å². The summed E-state index contributed by atoms with van der Waals surface area (Å²) in [6, 6.07) is 7.16. The molecule has 1 aliphatic rings. The Labute approximate surface area is 83.9 Å². The Morgan fingerprint density at radius 1 is 1.36 bits per heavy atom. The van der Waals surface area contributed by atoms with Crippen LogP contribution in [-0.2, 0) is 9.84 Å². The largest absolute Gasteiger partial charge is 0.330 e. The first-order chi connectivity index (χ1) is 6.65. The van der Waals surface area contributed by atoms with Crippen molar-refractivity contribution >= 4 is 9.84 Å². The molecular weight excluding hydrogens is 198 g/mol. The molecule has 1 atom stereocenters. The van der Waals surface area contributed by atoms with Crippen LogP contribution in [0.2, 0.25) is 0 Å². The van der Waals surface area contributed by atoms with Gasteiger partial charge in [0.15, 0.2) is 9.84 Å². The van der Waals surface area contributed by atoms with E-state index in [1.165, 1.54) is 0 Å². The molecule has 1 aromatic rings. The lowest BCUT2D eigenvalue weighted by Crippen LogP contribution is -2.24. The average Bonchev–Trinajstić information content (AvgIpc) is 2.18. The van der Waals surface area contributed by atoms with E-state index in [-0.39, 0.29) is 11.7 Å².